The molecule has 0 aliphatic carbocycles. The predicted octanol–water partition coefficient (Wildman–Crippen LogP) is 2.56. The fourth-order valence-electron chi connectivity index (χ4n) is 2.75. The smallest absolute Gasteiger partial charge is 0.370 e. The Labute approximate surface area is 156 Å². The number of carbonyl (C=O) groups excluding carboxylic acids is 1. The summed E-state index contributed by atoms with van der Waals surface area (Å²) in [6.07, 6.45) is -1.84. The molecule has 0 spiro atoms. The first-order valence-electron chi connectivity index (χ1n) is 8.65. The lowest BCUT2D eigenvalue weighted by Gasteiger charge is -2.26. The van der Waals surface area contributed by atoms with Crippen molar-refractivity contribution in [1.82, 2.24) is 9.62 Å². The number of alkyl halides is 3. The number of piperidine rings is 1. The fourth-order valence-corrected chi connectivity index (χ4v) is 4.32. The average molecular weight is 408 g/mol. The molecule has 0 aromatic heterocycles. The van der Waals surface area contributed by atoms with Gasteiger partial charge in [-0.2, -0.15) is 17.5 Å². The Kier molecular flexibility index (Phi) is 7.24. The third-order valence-corrected chi connectivity index (χ3v) is 5.95. The maximum atomic E-state index is 12.7. The van der Waals surface area contributed by atoms with E-state index in [1.807, 2.05) is 0 Å². The molecule has 152 valence electrons. The van der Waals surface area contributed by atoms with Crippen LogP contribution in [0.5, 0.6) is 0 Å². The molecule has 1 atom stereocenters. The minimum absolute atomic E-state index is 0.0259. The lowest BCUT2D eigenvalue weighted by Crippen LogP contribution is -2.37. The second-order valence-electron chi connectivity index (χ2n) is 6.50. The van der Waals surface area contributed by atoms with Gasteiger partial charge in [0.05, 0.1) is 11.5 Å². The van der Waals surface area contributed by atoms with Gasteiger partial charge >= 0.3 is 6.18 Å². The Bertz CT molecular complexity index is 747. The Hall–Kier alpha value is -1.65. The van der Waals surface area contributed by atoms with Gasteiger partial charge in [0.25, 0.3) is 5.91 Å². The van der Waals surface area contributed by atoms with Crippen LogP contribution in [0.25, 0.3) is 0 Å². The van der Waals surface area contributed by atoms with Gasteiger partial charge in [-0.1, -0.05) is 12.5 Å². The zero-order valence-electron chi connectivity index (χ0n) is 15.0. The molecule has 10 heteroatoms. The number of nitrogens with zero attached hydrogens (tertiary/aromatic N) is 1. The van der Waals surface area contributed by atoms with Crippen molar-refractivity contribution in [3.8, 4) is 0 Å². The van der Waals surface area contributed by atoms with Crippen molar-refractivity contribution in [2.24, 2.45) is 0 Å². The van der Waals surface area contributed by atoms with E-state index >= 15 is 0 Å². The van der Waals surface area contributed by atoms with E-state index < -0.39 is 34.8 Å². The maximum Gasteiger partial charge on any atom is 0.411 e. The summed E-state index contributed by atoms with van der Waals surface area (Å²) in [6, 6.07) is 4.96. The van der Waals surface area contributed by atoms with Gasteiger partial charge in [0.2, 0.25) is 10.0 Å². The van der Waals surface area contributed by atoms with Crippen molar-refractivity contribution in [1.29, 1.82) is 0 Å². The highest BCUT2D eigenvalue weighted by Crippen LogP contribution is 2.21. The molecule has 1 aliphatic rings. The normalized spacial score (nSPS) is 17.5. The fraction of sp³-hybridized carbons (Fsp3) is 0.588. The third-order valence-electron chi connectivity index (χ3n) is 4.06. The molecule has 1 aromatic carbocycles. The summed E-state index contributed by atoms with van der Waals surface area (Å²) in [5.74, 6) is -0.575. The summed E-state index contributed by atoms with van der Waals surface area (Å²) in [5.41, 5.74) is 0.121. The van der Waals surface area contributed by atoms with E-state index in [0.717, 1.165) is 19.3 Å². The molecular weight excluding hydrogens is 385 g/mol. The number of hydrogen-bond acceptors (Lipinski definition) is 4. The van der Waals surface area contributed by atoms with Crippen LogP contribution in [-0.4, -0.2) is 57.2 Å². The van der Waals surface area contributed by atoms with Crippen LogP contribution < -0.4 is 5.32 Å². The Morgan fingerprint density at radius 2 is 1.93 bits per heavy atom. The van der Waals surface area contributed by atoms with Gasteiger partial charge in [0.1, 0.15) is 6.61 Å². The number of nitrogens with one attached hydrogen (secondary N) is 1. The number of hydrogen-bond donors (Lipinski definition) is 1. The van der Waals surface area contributed by atoms with Crippen LogP contribution in [0.1, 0.15) is 36.5 Å². The maximum absolute atomic E-state index is 12.7. The van der Waals surface area contributed by atoms with Crippen LogP contribution in [0.15, 0.2) is 29.2 Å². The predicted molar refractivity (Wildman–Crippen MR) is 92.9 cm³/mol. The van der Waals surface area contributed by atoms with Gasteiger partial charge < -0.3 is 10.1 Å². The van der Waals surface area contributed by atoms with Gasteiger partial charge in [-0.05, 0) is 38.0 Å². The van der Waals surface area contributed by atoms with Crippen molar-refractivity contribution in [3.05, 3.63) is 29.8 Å². The highest BCUT2D eigenvalue weighted by molar-refractivity contribution is 7.89. The number of sulfonamides is 1. The molecule has 1 fully saturated rings. The van der Waals surface area contributed by atoms with Crippen LogP contribution >= 0.6 is 0 Å². The first-order valence-corrected chi connectivity index (χ1v) is 10.1. The monoisotopic (exact) mass is 408 g/mol. The van der Waals surface area contributed by atoms with Crippen LogP contribution in [0.2, 0.25) is 0 Å². The molecule has 1 aromatic rings. The number of halogens is 3. The molecule has 2 rings (SSSR count). The Balaban J connectivity index is 2.00. The number of rotatable bonds is 7. The Morgan fingerprint density at radius 3 is 2.56 bits per heavy atom. The molecule has 0 saturated carbocycles. The quantitative estimate of drug-likeness (QED) is 0.753. The summed E-state index contributed by atoms with van der Waals surface area (Å²) < 4.78 is 67.5. The standard InChI is InChI=1S/C17H23F3N2O4S/c1-13(11-26-12-17(18,19)20)21-16(23)14-6-5-7-15(10-14)27(24,25)22-8-3-2-4-9-22/h5-7,10,13H,2-4,8-9,11-12H2,1H3,(H,21,23). The van der Waals surface area contributed by atoms with E-state index in [9.17, 15) is 26.4 Å². The lowest BCUT2D eigenvalue weighted by atomic mass is 10.2. The van der Waals surface area contributed by atoms with Gasteiger partial charge in [0, 0.05) is 24.7 Å². The second-order valence-corrected chi connectivity index (χ2v) is 8.44. The highest BCUT2D eigenvalue weighted by atomic mass is 32.2. The SMILES string of the molecule is CC(COCC(F)(F)F)NC(=O)c1cccc(S(=O)(=O)N2CCCCC2)c1. The van der Waals surface area contributed by atoms with Crippen LogP contribution in [-0.2, 0) is 14.8 Å². The van der Waals surface area contributed by atoms with Crippen LogP contribution in [0.4, 0.5) is 13.2 Å². The number of benzene rings is 1. The van der Waals surface area contributed by atoms with E-state index in [1.165, 1.54) is 35.5 Å². The van der Waals surface area contributed by atoms with Gasteiger partial charge in [0.15, 0.2) is 0 Å². The first-order chi connectivity index (χ1) is 12.6. The molecule has 6 nitrogen and oxygen atoms in total. The molecule has 1 unspecified atom stereocenters. The lowest BCUT2D eigenvalue weighted by molar-refractivity contribution is -0.174. The van der Waals surface area contributed by atoms with Crippen molar-refractivity contribution in [3.63, 3.8) is 0 Å². The summed E-state index contributed by atoms with van der Waals surface area (Å²) in [6.45, 7) is 0.703. The molecule has 1 heterocycles. The van der Waals surface area contributed by atoms with Gasteiger partial charge in [-0.25, -0.2) is 8.42 Å². The molecule has 1 amide bonds. The summed E-state index contributed by atoms with van der Waals surface area (Å²) in [7, 11) is -3.67. The molecule has 0 radical (unpaired) electrons. The van der Waals surface area contributed by atoms with E-state index in [2.05, 4.69) is 10.1 Å². The molecule has 1 aliphatic heterocycles. The molecule has 1 N–H and O–H groups in total. The zero-order valence-corrected chi connectivity index (χ0v) is 15.8. The highest BCUT2D eigenvalue weighted by Gasteiger charge is 2.28. The number of ether oxygens (including phenoxy) is 1. The molecule has 1 saturated heterocycles. The van der Waals surface area contributed by atoms with E-state index in [1.54, 1.807) is 0 Å². The van der Waals surface area contributed by atoms with E-state index in [-0.39, 0.29) is 17.1 Å². The summed E-state index contributed by atoms with van der Waals surface area (Å²) in [4.78, 5) is 12.3. The number of amides is 1. The van der Waals surface area contributed by atoms with E-state index in [0.29, 0.717) is 13.1 Å². The second kappa shape index (κ2) is 9.03. The van der Waals surface area contributed by atoms with Crippen LogP contribution in [0, 0.1) is 0 Å². The molecule has 27 heavy (non-hydrogen) atoms. The molecule has 0 bridgehead atoms. The minimum Gasteiger partial charge on any atom is -0.370 e. The summed E-state index contributed by atoms with van der Waals surface area (Å²) >= 11 is 0. The topological polar surface area (TPSA) is 75.7 Å². The third kappa shape index (κ3) is 6.47. The van der Waals surface area contributed by atoms with Crippen molar-refractivity contribution >= 4 is 15.9 Å². The molecular formula is C17H23F3N2O4S. The zero-order chi connectivity index (χ0) is 20.1. The minimum atomic E-state index is -4.43. The van der Waals surface area contributed by atoms with Gasteiger partial charge in [-0.15, -0.1) is 0 Å². The summed E-state index contributed by atoms with van der Waals surface area (Å²) in [5, 5.41) is 2.50. The van der Waals surface area contributed by atoms with Gasteiger partial charge in [-0.3, -0.25) is 4.79 Å². The van der Waals surface area contributed by atoms with Crippen molar-refractivity contribution in [2.45, 2.75) is 43.3 Å². The van der Waals surface area contributed by atoms with E-state index in [4.69, 9.17) is 0 Å². The average Bonchev–Trinajstić information content (AvgIpc) is 2.61. The van der Waals surface area contributed by atoms with Crippen LogP contribution in [0.3, 0.4) is 0 Å². The van der Waals surface area contributed by atoms with Crippen molar-refractivity contribution in [2.75, 3.05) is 26.3 Å². The Morgan fingerprint density at radius 1 is 1.26 bits per heavy atom. The van der Waals surface area contributed by atoms with Crippen molar-refractivity contribution < 1.29 is 31.1 Å². The largest absolute Gasteiger partial charge is 0.411 e. The number of carbonyl (C=O) groups is 1. The first kappa shape index (κ1) is 21.6.